The normalized spacial score (nSPS) is 23.2. The van der Waals surface area contributed by atoms with Gasteiger partial charge in [-0.3, -0.25) is 19.9 Å². The number of pyridine rings is 1. The quantitative estimate of drug-likeness (QED) is 0.337. The smallest absolute Gasteiger partial charge is 0.328 e. The number of piperidine rings is 1. The first-order valence-electron chi connectivity index (χ1n) is 16.4. The Morgan fingerprint density at radius 2 is 1.79 bits per heavy atom. The number of carbonyl (C=O) groups excluding carboxylic acids is 2. The molecule has 15 heteroatoms. The van der Waals surface area contributed by atoms with Crippen molar-refractivity contribution >= 4 is 46.8 Å². The number of hydrogen-bond acceptors (Lipinski definition) is 12. The number of urea groups is 1. The van der Waals surface area contributed by atoms with Crippen molar-refractivity contribution in [2.24, 2.45) is 11.1 Å². The van der Waals surface area contributed by atoms with Gasteiger partial charge in [0.15, 0.2) is 5.82 Å². The molecule has 0 radical (unpaired) electrons. The Morgan fingerprint density at radius 3 is 2.48 bits per heavy atom. The summed E-state index contributed by atoms with van der Waals surface area (Å²) in [5.74, 6) is 1.35. The Labute approximate surface area is 283 Å². The molecule has 254 valence electrons. The monoisotopic (exact) mass is 676 g/mol. The van der Waals surface area contributed by atoms with E-state index in [1.54, 1.807) is 24.5 Å². The van der Waals surface area contributed by atoms with Crippen molar-refractivity contribution in [2.45, 2.75) is 54.8 Å². The van der Waals surface area contributed by atoms with E-state index in [4.69, 9.17) is 21.2 Å². The third-order valence-corrected chi connectivity index (χ3v) is 11.1. The molecular weight excluding hydrogens is 635 g/mol. The van der Waals surface area contributed by atoms with Gasteiger partial charge in [0.2, 0.25) is 5.91 Å². The van der Waals surface area contributed by atoms with Crippen molar-refractivity contribution in [3.8, 4) is 0 Å². The van der Waals surface area contributed by atoms with Crippen molar-refractivity contribution in [1.82, 2.24) is 25.2 Å². The van der Waals surface area contributed by atoms with Gasteiger partial charge in [0.25, 0.3) is 0 Å². The number of piperazine rings is 1. The molecule has 0 saturated carbocycles. The molecule has 0 bridgehead atoms. The molecule has 2 aromatic heterocycles. The fourth-order valence-electron chi connectivity index (χ4n) is 7.03. The van der Waals surface area contributed by atoms with Gasteiger partial charge in [-0.1, -0.05) is 17.8 Å². The molecule has 7 rings (SSSR count). The zero-order valence-electron chi connectivity index (χ0n) is 27.0. The number of halogens is 1. The van der Waals surface area contributed by atoms with E-state index in [2.05, 4.69) is 36.9 Å². The van der Waals surface area contributed by atoms with Crippen LogP contribution < -0.4 is 31.5 Å². The van der Waals surface area contributed by atoms with Gasteiger partial charge in [0.1, 0.15) is 22.5 Å². The van der Waals surface area contributed by atoms with E-state index in [0.29, 0.717) is 28.6 Å². The number of aromatic nitrogens is 3. The number of imide groups is 1. The van der Waals surface area contributed by atoms with Gasteiger partial charge < -0.3 is 26.0 Å². The summed E-state index contributed by atoms with van der Waals surface area (Å²) in [6, 6.07) is 8.32. The van der Waals surface area contributed by atoms with Gasteiger partial charge in [0, 0.05) is 92.6 Å². The van der Waals surface area contributed by atoms with Crippen molar-refractivity contribution in [3.63, 3.8) is 0 Å². The maximum atomic E-state index is 15.1. The zero-order chi connectivity index (χ0) is 33.4. The third-order valence-electron chi connectivity index (χ3n) is 10.1. The molecule has 0 unspecified atom stereocenters. The maximum absolute atomic E-state index is 15.1. The Hall–Kier alpha value is -4.05. The van der Waals surface area contributed by atoms with Crippen LogP contribution in [0.25, 0.3) is 0 Å². The van der Waals surface area contributed by atoms with Crippen LogP contribution in [0.1, 0.15) is 31.7 Å². The van der Waals surface area contributed by atoms with Gasteiger partial charge in [-0.05, 0) is 44.0 Å². The van der Waals surface area contributed by atoms with Crippen LogP contribution >= 0.6 is 11.8 Å². The second-order valence-corrected chi connectivity index (χ2v) is 14.1. The van der Waals surface area contributed by atoms with Crippen LogP contribution in [-0.2, 0) is 16.1 Å². The van der Waals surface area contributed by atoms with Crippen LogP contribution in [0.3, 0.4) is 0 Å². The number of rotatable bonds is 7. The molecule has 4 aliphatic rings. The Balaban J connectivity index is 0.921. The summed E-state index contributed by atoms with van der Waals surface area (Å²) in [4.78, 5) is 46.6. The summed E-state index contributed by atoms with van der Waals surface area (Å²) in [6.07, 6.45) is 5.79. The number of amides is 3. The molecule has 48 heavy (non-hydrogen) atoms. The van der Waals surface area contributed by atoms with E-state index in [1.807, 2.05) is 12.1 Å². The van der Waals surface area contributed by atoms with E-state index >= 15 is 4.39 Å². The molecule has 6 heterocycles. The molecular formula is C33H41FN10O3S. The molecule has 4 aliphatic heterocycles. The SMILES string of the molecule is C[C@@H]1OCC2(CCN(c3cnc(Sc4ccnc(N5CCN(Cc6ccc(N7CCC(=O)NC7=O)cc6F)CC5)c4)c(N)n3)CC2)[C@@H]1N. The zero-order valence-corrected chi connectivity index (χ0v) is 27.8. The maximum Gasteiger partial charge on any atom is 0.328 e. The number of hydrogen-bond donors (Lipinski definition) is 3. The number of nitrogens with two attached hydrogens (primary N) is 2. The summed E-state index contributed by atoms with van der Waals surface area (Å²) < 4.78 is 20.9. The molecule has 3 amide bonds. The topological polar surface area (TPSA) is 159 Å². The van der Waals surface area contributed by atoms with Gasteiger partial charge in [-0.25, -0.2) is 24.1 Å². The molecule has 0 aliphatic carbocycles. The fraction of sp³-hybridized carbons (Fsp3) is 0.485. The number of ether oxygens (including phenoxy) is 1. The summed E-state index contributed by atoms with van der Waals surface area (Å²) in [5.41, 5.74) is 13.9. The van der Waals surface area contributed by atoms with Gasteiger partial charge in [-0.15, -0.1) is 0 Å². The van der Waals surface area contributed by atoms with E-state index < -0.39 is 6.03 Å². The van der Waals surface area contributed by atoms with Gasteiger partial charge in [0.05, 0.1) is 18.9 Å². The number of nitrogen functional groups attached to an aromatic ring is 1. The lowest BCUT2D eigenvalue weighted by atomic mass is 9.73. The average Bonchev–Trinajstić information content (AvgIpc) is 3.35. The molecule has 2 atom stereocenters. The highest BCUT2D eigenvalue weighted by molar-refractivity contribution is 7.99. The summed E-state index contributed by atoms with van der Waals surface area (Å²) in [6.45, 7) is 8.13. The summed E-state index contributed by atoms with van der Waals surface area (Å²) in [7, 11) is 0. The first kappa shape index (κ1) is 32.5. The van der Waals surface area contributed by atoms with Crippen LogP contribution in [-0.4, -0.2) is 96.4 Å². The van der Waals surface area contributed by atoms with Crippen molar-refractivity contribution in [3.05, 3.63) is 54.1 Å². The predicted molar refractivity (Wildman–Crippen MR) is 181 cm³/mol. The molecule has 4 fully saturated rings. The largest absolute Gasteiger partial charge is 0.381 e. The average molecular weight is 677 g/mol. The van der Waals surface area contributed by atoms with E-state index in [1.165, 1.54) is 22.7 Å². The highest BCUT2D eigenvalue weighted by atomic mass is 32.2. The third kappa shape index (κ3) is 6.64. The molecule has 13 nitrogen and oxygen atoms in total. The van der Waals surface area contributed by atoms with Crippen LogP contribution in [0.5, 0.6) is 0 Å². The molecule has 1 spiro atoms. The molecule has 1 aromatic carbocycles. The van der Waals surface area contributed by atoms with Crippen molar-refractivity contribution in [2.75, 3.05) is 72.9 Å². The van der Waals surface area contributed by atoms with Crippen LogP contribution in [0.15, 0.2) is 52.6 Å². The number of anilines is 4. The van der Waals surface area contributed by atoms with Crippen LogP contribution in [0.4, 0.5) is 32.3 Å². The predicted octanol–water partition coefficient (Wildman–Crippen LogP) is 2.85. The van der Waals surface area contributed by atoms with E-state index in [-0.39, 0.29) is 42.3 Å². The number of carbonyl (C=O) groups is 2. The first-order chi connectivity index (χ1) is 23.2. The lowest BCUT2D eigenvalue weighted by Gasteiger charge is -2.41. The van der Waals surface area contributed by atoms with Crippen molar-refractivity contribution < 1.29 is 18.7 Å². The molecule has 4 saturated heterocycles. The number of nitrogens with one attached hydrogen (secondary N) is 1. The number of nitrogens with zero attached hydrogens (tertiary/aromatic N) is 7. The number of benzene rings is 1. The van der Waals surface area contributed by atoms with E-state index in [0.717, 1.165) is 75.2 Å². The van der Waals surface area contributed by atoms with Crippen LogP contribution in [0, 0.1) is 11.2 Å². The summed E-state index contributed by atoms with van der Waals surface area (Å²) >= 11 is 1.46. The second-order valence-electron chi connectivity index (χ2n) is 13.1. The lowest BCUT2D eigenvalue weighted by molar-refractivity contribution is -0.120. The Kier molecular flexibility index (Phi) is 9.11. The minimum Gasteiger partial charge on any atom is -0.381 e. The summed E-state index contributed by atoms with van der Waals surface area (Å²) in [5, 5.41) is 2.92. The van der Waals surface area contributed by atoms with E-state index in [9.17, 15) is 9.59 Å². The van der Waals surface area contributed by atoms with Gasteiger partial charge >= 0.3 is 6.03 Å². The van der Waals surface area contributed by atoms with Gasteiger partial charge in [-0.2, -0.15) is 0 Å². The Bertz CT molecular complexity index is 1680. The fourth-order valence-corrected chi connectivity index (χ4v) is 7.81. The second kappa shape index (κ2) is 13.5. The van der Waals surface area contributed by atoms with Crippen molar-refractivity contribution in [1.29, 1.82) is 0 Å². The molecule has 3 aromatic rings. The Morgan fingerprint density at radius 1 is 1.02 bits per heavy atom. The molecule has 5 N–H and O–H groups in total. The standard InChI is InChI=1S/C33H41FN10O3S/c1-21-29(35)33(20-47-21)6-10-42(11-7-33)27-18-38-31(30(36)39-27)48-24-4-8-37-26(17-24)43-14-12-41(13-15-43)19-22-2-3-23(16-25(22)34)44-9-5-28(45)40-32(44)46/h2-4,8,16-18,21,29H,5-7,9-15,19-20,35H2,1H3,(H2,36,39)(H,40,45,46)/t21-,29+/m0/s1. The van der Waals surface area contributed by atoms with Crippen LogP contribution in [0.2, 0.25) is 0 Å². The minimum absolute atomic E-state index is 0.0419. The minimum atomic E-state index is -0.526. The highest BCUT2D eigenvalue weighted by Crippen LogP contribution is 2.42. The first-order valence-corrected chi connectivity index (χ1v) is 17.2. The lowest BCUT2D eigenvalue weighted by Crippen LogP contribution is -2.50. The highest BCUT2D eigenvalue weighted by Gasteiger charge is 2.47.